The Kier molecular flexibility index (Phi) is 4.30. The number of rotatable bonds is 5. The van der Waals surface area contributed by atoms with Gasteiger partial charge in [-0.3, -0.25) is 14.9 Å². The van der Waals surface area contributed by atoms with Crippen molar-refractivity contribution in [2.24, 2.45) is 0 Å². The number of carbonyl (C=O) groups excluding carboxylic acids is 1. The van der Waals surface area contributed by atoms with Crippen LogP contribution in [0.2, 0.25) is 0 Å². The van der Waals surface area contributed by atoms with E-state index in [1.54, 1.807) is 0 Å². The van der Waals surface area contributed by atoms with Crippen LogP contribution in [0.5, 0.6) is 0 Å². The second kappa shape index (κ2) is 5.50. The molecule has 6 nitrogen and oxygen atoms in total. The maximum absolute atomic E-state index is 11.8. The summed E-state index contributed by atoms with van der Waals surface area (Å²) in [5, 5.41) is 10.4. The lowest BCUT2D eigenvalue weighted by molar-refractivity contribution is -0.384. The Labute approximate surface area is 97.3 Å². The SMILES string of the molecule is CCN(CCCl)C(=O)c1cc([N+](=O)[O-])c[nH]1. The van der Waals surface area contributed by atoms with E-state index in [2.05, 4.69) is 4.98 Å². The molecule has 0 saturated carbocycles. The lowest BCUT2D eigenvalue weighted by Crippen LogP contribution is -2.32. The summed E-state index contributed by atoms with van der Waals surface area (Å²) in [4.78, 5) is 25.8. The molecule has 1 N–H and O–H groups in total. The third-order valence-corrected chi connectivity index (χ3v) is 2.30. The number of hydrogen-bond acceptors (Lipinski definition) is 3. The zero-order valence-electron chi connectivity index (χ0n) is 8.77. The fourth-order valence-corrected chi connectivity index (χ4v) is 1.49. The molecule has 0 aromatic carbocycles. The van der Waals surface area contributed by atoms with Crippen LogP contribution in [0.1, 0.15) is 17.4 Å². The molecule has 0 aliphatic rings. The number of nitrogens with one attached hydrogen (secondary N) is 1. The first-order valence-electron chi connectivity index (χ1n) is 4.78. The van der Waals surface area contributed by atoms with E-state index in [1.165, 1.54) is 17.2 Å². The predicted molar refractivity (Wildman–Crippen MR) is 59.7 cm³/mol. The van der Waals surface area contributed by atoms with Crippen LogP contribution in [-0.4, -0.2) is 39.7 Å². The van der Waals surface area contributed by atoms with Gasteiger partial charge in [0.05, 0.1) is 11.1 Å². The molecule has 1 rings (SSSR count). The van der Waals surface area contributed by atoms with Crippen molar-refractivity contribution in [2.75, 3.05) is 19.0 Å². The van der Waals surface area contributed by atoms with Gasteiger partial charge in [0, 0.05) is 25.0 Å². The lowest BCUT2D eigenvalue weighted by atomic mass is 10.3. The van der Waals surface area contributed by atoms with Crippen LogP contribution in [0, 0.1) is 10.1 Å². The summed E-state index contributed by atoms with van der Waals surface area (Å²) in [6.45, 7) is 2.75. The molecule has 0 aliphatic heterocycles. The normalized spacial score (nSPS) is 10.1. The van der Waals surface area contributed by atoms with Gasteiger partial charge in [-0.15, -0.1) is 11.6 Å². The number of aromatic nitrogens is 1. The molecule has 1 aromatic heterocycles. The Morgan fingerprint density at radius 2 is 2.38 bits per heavy atom. The second-order valence-electron chi connectivity index (χ2n) is 3.10. The van der Waals surface area contributed by atoms with Gasteiger partial charge in [-0.2, -0.15) is 0 Å². The van der Waals surface area contributed by atoms with Gasteiger partial charge in [-0.1, -0.05) is 0 Å². The van der Waals surface area contributed by atoms with Gasteiger partial charge >= 0.3 is 0 Å². The fraction of sp³-hybridized carbons (Fsp3) is 0.444. The van der Waals surface area contributed by atoms with Crippen LogP contribution in [-0.2, 0) is 0 Å². The third-order valence-electron chi connectivity index (χ3n) is 2.13. The van der Waals surface area contributed by atoms with Crippen molar-refractivity contribution >= 4 is 23.2 Å². The molecule has 1 heterocycles. The maximum atomic E-state index is 11.8. The third kappa shape index (κ3) is 2.73. The highest BCUT2D eigenvalue weighted by atomic mass is 35.5. The molecule has 0 bridgehead atoms. The number of H-pyrrole nitrogens is 1. The van der Waals surface area contributed by atoms with Gasteiger partial charge in [0.25, 0.3) is 11.6 Å². The fourth-order valence-electron chi connectivity index (χ4n) is 1.29. The molecular formula is C9H12ClN3O3. The average Bonchev–Trinajstić information content (AvgIpc) is 2.74. The summed E-state index contributed by atoms with van der Waals surface area (Å²) >= 11 is 5.55. The second-order valence-corrected chi connectivity index (χ2v) is 3.48. The zero-order valence-corrected chi connectivity index (χ0v) is 9.53. The molecule has 7 heteroatoms. The van der Waals surface area contributed by atoms with Crippen LogP contribution in [0.25, 0.3) is 0 Å². The lowest BCUT2D eigenvalue weighted by Gasteiger charge is -2.18. The van der Waals surface area contributed by atoms with E-state index in [0.29, 0.717) is 19.0 Å². The molecular weight excluding hydrogens is 234 g/mol. The minimum Gasteiger partial charge on any atom is -0.351 e. The Hall–Kier alpha value is -1.56. The minimum absolute atomic E-state index is 0.120. The van der Waals surface area contributed by atoms with Crippen molar-refractivity contribution < 1.29 is 9.72 Å². The number of nitro groups is 1. The zero-order chi connectivity index (χ0) is 12.1. The number of carbonyl (C=O) groups is 1. The summed E-state index contributed by atoms with van der Waals surface area (Å²) < 4.78 is 0. The summed E-state index contributed by atoms with van der Waals surface area (Å²) in [6.07, 6.45) is 1.20. The van der Waals surface area contributed by atoms with E-state index in [1.807, 2.05) is 6.92 Å². The number of alkyl halides is 1. The number of amides is 1. The van der Waals surface area contributed by atoms with Crippen LogP contribution in [0.15, 0.2) is 12.3 Å². The van der Waals surface area contributed by atoms with Gasteiger partial charge < -0.3 is 9.88 Å². The number of nitrogens with zero attached hydrogens (tertiary/aromatic N) is 2. The standard InChI is InChI=1S/C9H12ClN3O3/c1-2-12(4-3-10)9(14)8-5-7(6-11-8)13(15)16/h5-6,11H,2-4H2,1H3. The van der Waals surface area contributed by atoms with Crippen molar-refractivity contribution in [1.82, 2.24) is 9.88 Å². The Balaban J connectivity index is 2.82. The molecule has 1 aromatic rings. The molecule has 0 radical (unpaired) electrons. The number of halogens is 1. The van der Waals surface area contributed by atoms with E-state index in [-0.39, 0.29) is 17.3 Å². The molecule has 0 saturated heterocycles. The van der Waals surface area contributed by atoms with Crippen molar-refractivity contribution in [3.8, 4) is 0 Å². The molecule has 0 atom stereocenters. The molecule has 0 unspecified atom stereocenters. The Morgan fingerprint density at radius 1 is 1.69 bits per heavy atom. The first-order valence-corrected chi connectivity index (χ1v) is 5.31. The van der Waals surface area contributed by atoms with E-state index >= 15 is 0 Å². The molecule has 0 fully saturated rings. The van der Waals surface area contributed by atoms with Crippen molar-refractivity contribution in [3.63, 3.8) is 0 Å². The molecule has 1 amide bonds. The average molecular weight is 246 g/mol. The first kappa shape index (κ1) is 12.5. The van der Waals surface area contributed by atoms with Gasteiger partial charge in [0.15, 0.2) is 0 Å². The molecule has 0 spiro atoms. The molecule has 16 heavy (non-hydrogen) atoms. The number of aromatic amines is 1. The van der Waals surface area contributed by atoms with Crippen molar-refractivity contribution in [2.45, 2.75) is 6.92 Å². The van der Waals surface area contributed by atoms with E-state index in [9.17, 15) is 14.9 Å². The first-order chi connectivity index (χ1) is 7.60. The van der Waals surface area contributed by atoms with E-state index < -0.39 is 4.92 Å². The summed E-state index contributed by atoms with van der Waals surface area (Å²) in [6, 6.07) is 1.22. The van der Waals surface area contributed by atoms with Crippen molar-refractivity contribution in [1.29, 1.82) is 0 Å². The summed E-state index contributed by atoms with van der Waals surface area (Å²) in [5.41, 5.74) is 0.0870. The summed E-state index contributed by atoms with van der Waals surface area (Å²) in [7, 11) is 0. The van der Waals surface area contributed by atoms with Gasteiger partial charge in [-0.05, 0) is 6.92 Å². The van der Waals surface area contributed by atoms with Gasteiger partial charge in [-0.25, -0.2) is 0 Å². The maximum Gasteiger partial charge on any atom is 0.287 e. The topological polar surface area (TPSA) is 79.2 Å². The van der Waals surface area contributed by atoms with E-state index in [4.69, 9.17) is 11.6 Å². The van der Waals surface area contributed by atoms with Crippen LogP contribution < -0.4 is 0 Å². The Morgan fingerprint density at radius 3 is 2.81 bits per heavy atom. The minimum atomic E-state index is -0.550. The van der Waals surface area contributed by atoms with Crippen LogP contribution >= 0.6 is 11.6 Å². The quantitative estimate of drug-likeness (QED) is 0.486. The van der Waals surface area contributed by atoms with Gasteiger partial charge in [0.1, 0.15) is 5.69 Å². The largest absolute Gasteiger partial charge is 0.351 e. The van der Waals surface area contributed by atoms with Crippen molar-refractivity contribution in [3.05, 3.63) is 28.1 Å². The monoisotopic (exact) mass is 245 g/mol. The molecule has 88 valence electrons. The smallest absolute Gasteiger partial charge is 0.287 e. The Bertz CT molecular complexity index is 391. The van der Waals surface area contributed by atoms with Crippen LogP contribution in [0.4, 0.5) is 5.69 Å². The number of hydrogen-bond donors (Lipinski definition) is 1. The summed E-state index contributed by atoms with van der Waals surface area (Å²) in [5.74, 6) is 0.0544. The highest BCUT2D eigenvalue weighted by Gasteiger charge is 2.18. The predicted octanol–water partition coefficient (Wildman–Crippen LogP) is 1.62. The molecule has 0 aliphatic carbocycles. The van der Waals surface area contributed by atoms with Crippen LogP contribution in [0.3, 0.4) is 0 Å². The highest BCUT2D eigenvalue weighted by Crippen LogP contribution is 2.13. The van der Waals surface area contributed by atoms with Gasteiger partial charge in [0.2, 0.25) is 0 Å². The van der Waals surface area contributed by atoms with E-state index in [0.717, 1.165) is 0 Å². The highest BCUT2D eigenvalue weighted by molar-refractivity contribution is 6.18.